The van der Waals surface area contributed by atoms with Gasteiger partial charge in [-0.3, -0.25) is 0 Å². The molecule has 0 fully saturated rings. The summed E-state index contributed by atoms with van der Waals surface area (Å²) in [6.45, 7) is 3.40. The van der Waals surface area contributed by atoms with Crippen molar-refractivity contribution in [1.82, 2.24) is 14.5 Å². The lowest BCUT2D eigenvalue weighted by molar-refractivity contribution is 0.760. The summed E-state index contributed by atoms with van der Waals surface area (Å²) in [5.41, 5.74) is 2.57. The molecule has 2 heterocycles. The van der Waals surface area contributed by atoms with Crippen molar-refractivity contribution in [2.75, 3.05) is 5.32 Å². The predicted octanol–water partition coefficient (Wildman–Crippen LogP) is 3.77. The Hall–Kier alpha value is -2.84. The van der Waals surface area contributed by atoms with Gasteiger partial charge in [0.25, 0.3) is 0 Å². The van der Waals surface area contributed by atoms with Crippen molar-refractivity contribution in [2.24, 2.45) is 0 Å². The van der Waals surface area contributed by atoms with E-state index in [0.29, 0.717) is 17.4 Å². The minimum Gasteiger partial charge on any atom is -0.366 e. The third-order valence-corrected chi connectivity index (χ3v) is 4.00. The van der Waals surface area contributed by atoms with E-state index in [1.54, 1.807) is 18.3 Å². The fourth-order valence-corrected chi connectivity index (χ4v) is 2.56. The molecule has 3 rings (SSSR count). The van der Waals surface area contributed by atoms with Crippen molar-refractivity contribution in [3.63, 3.8) is 0 Å². The van der Waals surface area contributed by atoms with Crippen LogP contribution < -0.4 is 5.32 Å². The first-order valence-corrected chi connectivity index (χ1v) is 7.89. The molecule has 1 aromatic carbocycles. The lowest BCUT2D eigenvalue weighted by atomic mass is 10.1. The van der Waals surface area contributed by atoms with Gasteiger partial charge in [-0.25, -0.2) is 9.97 Å². The van der Waals surface area contributed by atoms with Gasteiger partial charge in [0.15, 0.2) is 5.69 Å². The molecule has 0 saturated heterocycles. The summed E-state index contributed by atoms with van der Waals surface area (Å²) in [6, 6.07) is 13.8. The molecule has 0 bridgehead atoms. The number of nitriles is 1. The normalized spacial score (nSPS) is 10.4. The number of anilines is 1. The number of pyridine rings is 1. The van der Waals surface area contributed by atoms with Crippen LogP contribution in [0.25, 0.3) is 0 Å². The first-order valence-electron chi connectivity index (χ1n) is 7.52. The van der Waals surface area contributed by atoms with Gasteiger partial charge in [-0.05, 0) is 30.2 Å². The SMILES string of the molecule is Cc1nccn1Cc1cccc(CNc2ccc(Cl)c(C#N)n2)c1. The molecule has 0 saturated carbocycles. The van der Waals surface area contributed by atoms with Crippen LogP contribution in [0.3, 0.4) is 0 Å². The Bertz CT molecular complexity index is 894. The summed E-state index contributed by atoms with van der Waals surface area (Å²) in [5.74, 6) is 1.62. The number of benzene rings is 1. The molecule has 0 aliphatic rings. The molecular formula is C18H16ClN5. The highest BCUT2D eigenvalue weighted by Crippen LogP contribution is 2.16. The number of nitrogens with zero attached hydrogens (tertiary/aromatic N) is 4. The number of nitrogens with one attached hydrogen (secondary N) is 1. The van der Waals surface area contributed by atoms with Crippen molar-refractivity contribution >= 4 is 17.4 Å². The Morgan fingerprint density at radius 3 is 2.83 bits per heavy atom. The van der Waals surface area contributed by atoms with Crippen LogP contribution >= 0.6 is 11.6 Å². The maximum Gasteiger partial charge on any atom is 0.161 e. The predicted molar refractivity (Wildman–Crippen MR) is 93.8 cm³/mol. The number of imidazole rings is 1. The molecule has 0 unspecified atom stereocenters. The molecular weight excluding hydrogens is 322 g/mol. The highest BCUT2D eigenvalue weighted by molar-refractivity contribution is 6.31. The van der Waals surface area contributed by atoms with Gasteiger partial charge in [0, 0.05) is 25.5 Å². The zero-order valence-electron chi connectivity index (χ0n) is 13.2. The molecule has 0 radical (unpaired) electrons. The van der Waals surface area contributed by atoms with Crippen LogP contribution in [0, 0.1) is 18.3 Å². The molecule has 0 amide bonds. The van der Waals surface area contributed by atoms with Crippen molar-refractivity contribution in [3.05, 3.63) is 76.5 Å². The van der Waals surface area contributed by atoms with Gasteiger partial charge >= 0.3 is 0 Å². The molecule has 0 atom stereocenters. The van der Waals surface area contributed by atoms with E-state index >= 15 is 0 Å². The summed E-state index contributed by atoms with van der Waals surface area (Å²) in [4.78, 5) is 8.42. The molecule has 1 N–H and O–H groups in total. The van der Waals surface area contributed by atoms with Crippen molar-refractivity contribution in [1.29, 1.82) is 5.26 Å². The van der Waals surface area contributed by atoms with Crippen molar-refractivity contribution in [3.8, 4) is 6.07 Å². The van der Waals surface area contributed by atoms with Crippen LogP contribution in [0.1, 0.15) is 22.6 Å². The van der Waals surface area contributed by atoms with Gasteiger partial charge < -0.3 is 9.88 Å². The monoisotopic (exact) mass is 337 g/mol. The molecule has 0 aliphatic carbocycles. The maximum absolute atomic E-state index is 8.98. The number of rotatable bonds is 5. The summed E-state index contributed by atoms with van der Waals surface area (Å²) in [6.07, 6.45) is 3.78. The summed E-state index contributed by atoms with van der Waals surface area (Å²) < 4.78 is 2.10. The maximum atomic E-state index is 8.98. The van der Waals surface area contributed by atoms with Crippen molar-refractivity contribution in [2.45, 2.75) is 20.0 Å². The van der Waals surface area contributed by atoms with E-state index in [4.69, 9.17) is 16.9 Å². The highest BCUT2D eigenvalue weighted by Gasteiger charge is 2.04. The van der Waals surface area contributed by atoms with E-state index in [9.17, 15) is 0 Å². The highest BCUT2D eigenvalue weighted by atomic mass is 35.5. The molecule has 3 aromatic rings. The molecule has 6 heteroatoms. The third-order valence-electron chi connectivity index (χ3n) is 3.69. The minimum atomic E-state index is 0.228. The van der Waals surface area contributed by atoms with E-state index in [2.05, 4.69) is 38.1 Å². The van der Waals surface area contributed by atoms with Crippen LogP contribution in [0.15, 0.2) is 48.8 Å². The fraction of sp³-hybridized carbons (Fsp3) is 0.167. The summed E-state index contributed by atoms with van der Waals surface area (Å²) in [5, 5.41) is 12.6. The summed E-state index contributed by atoms with van der Waals surface area (Å²) in [7, 11) is 0. The molecule has 5 nitrogen and oxygen atoms in total. The van der Waals surface area contributed by atoms with Crippen molar-refractivity contribution < 1.29 is 0 Å². The molecule has 120 valence electrons. The Balaban J connectivity index is 1.69. The minimum absolute atomic E-state index is 0.228. The van der Waals surface area contributed by atoms with E-state index in [1.165, 1.54) is 5.56 Å². The number of aromatic nitrogens is 3. The largest absolute Gasteiger partial charge is 0.366 e. The fourth-order valence-electron chi connectivity index (χ4n) is 2.42. The Labute approximate surface area is 145 Å². The molecule has 0 aliphatic heterocycles. The van der Waals surface area contributed by atoms with E-state index in [-0.39, 0.29) is 5.69 Å². The van der Waals surface area contributed by atoms with Crippen LogP contribution in [0.4, 0.5) is 5.82 Å². The average Bonchev–Trinajstić information content (AvgIpc) is 2.99. The second kappa shape index (κ2) is 7.16. The standard InChI is InChI=1S/C18H16ClN5/c1-13-21-7-8-24(13)12-15-4-2-3-14(9-15)11-22-18-6-5-16(19)17(10-20)23-18/h2-9H,11-12H2,1H3,(H,22,23). The van der Waals surface area contributed by atoms with Gasteiger partial charge in [-0.1, -0.05) is 35.9 Å². The van der Waals surface area contributed by atoms with Gasteiger partial charge in [-0.2, -0.15) is 5.26 Å². The molecule has 2 aromatic heterocycles. The van der Waals surface area contributed by atoms with E-state index in [1.807, 2.05) is 25.3 Å². The second-order valence-corrected chi connectivity index (χ2v) is 5.82. The van der Waals surface area contributed by atoms with E-state index in [0.717, 1.165) is 17.9 Å². The van der Waals surface area contributed by atoms with Gasteiger partial charge in [0.05, 0.1) is 5.02 Å². The Kier molecular flexibility index (Phi) is 4.78. The lowest BCUT2D eigenvalue weighted by Crippen LogP contribution is -2.04. The molecule has 24 heavy (non-hydrogen) atoms. The number of aryl methyl sites for hydroxylation is 1. The molecule has 0 spiro atoms. The quantitative estimate of drug-likeness (QED) is 0.769. The Morgan fingerprint density at radius 1 is 1.25 bits per heavy atom. The first kappa shape index (κ1) is 16.0. The summed E-state index contributed by atoms with van der Waals surface area (Å²) >= 11 is 5.89. The van der Waals surface area contributed by atoms with Crippen LogP contribution in [0.2, 0.25) is 5.02 Å². The van der Waals surface area contributed by atoms with Crippen LogP contribution in [0.5, 0.6) is 0 Å². The zero-order chi connectivity index (χ0) is 16.9. The number of halogens is 1. The van der Waals surface area contributed by atoms with Gasteiger partial charge in [0.2, 0.25) is 0 Å². The second-order valence-electron chi connectivity index (χ2n) is 5.41. The first-order chi connectivity index (χ1) is 11.7. The number of hydrogen-bond acceptors (Lipinski definition) is 4. The van der Waals surface area contributed by atoms with Crippen LogP contribution in [-0.4, -0.2) is 14.5 Å². The topological polar surface area (TPSA) is 66.5 Å². The van der Waals surface area contributed by atoms with Crippen LogP contribution in [-0.2, 0) is 13.1 Å². The van der Waals surface area contributed by atoms with Gasteiger partial charge in [-0.15, -0.1) is 0 Å². The Morgan fingerprint density at radius 2 is 2.08 bits per heavy atom. The number of hydrogen-bond donors (Lipinski definition) is 1. The smallest absolute Gasteiger partial charge is 0.161 e. The zero-order valence-corrected chi connectivity index (χ0v) is 14.0. The van der Waals surface area contributed by atoms with E-state index < -0.39 is 0 Å². The lowest BCUT2D eigenvalue weighted by Gasteiger charge is -2.09. The third kappa shape index (κ3) is 3.73. The van der Waals surface area contributed by atoms with Gasteiger partial charge in [0.1, 0.15) is 17.7 Å². The average molecular weight is 338 g/mol.